The third-order valence-electron chi connectivity index (χ3n) is 2.66. The molecule has 0 radical (unpaired) electrons. The number of carbonyl (C=O) groups is 1. The molecule has 0 aliphatic carbocycles. The molecule has 1 aliphatic heterocycles. The van der Waals surface area contributed by atoms with Crippen molar-refractivity contribution in [2.45, 2.75) is 12.8 Å². The molecule has 90 valence electrons. The van der Waals surface area contributed by atoms with E-state index in [0.717, 1.165) is 12.8 Å². The van der Waals surface area contributed by atoms with Crippen LogP contribution in [0.2, 0.25) is 0 Å². The van der Waals surface area contributed by atoms with E-state index in [0.29, 0.717) is 29.4 Å². The quantitative estimate of drug-likeness (QED) is 0.642. The third-order valence-corrected chi connectivity index (χ3v) is 2.66. The van der Waals surface area contributed by atoms with Crippen molar-refractivity contribution >= 4 is 11.5 Å². The Balaban J connectivity index is 2.27. The highest BCUT2D eigenvalue weighted by Gasteiger charge is 2.18. The van der Waals surface area contributed by atoms with Crippen LogP contribution in [0, 0.1) is 0 Å². The smallest absolute Gasteiger partial charge is 0.229 e. The lowest BCUT2D eigenvalue weighted by atomic mass is 10.1. The van der Waals surface area contributed by atoms with E-state index in [9.17, 15) is 4.79 Å². The number of carbonyl (C=O) groups excluding carboxylic acids is 1. The minimum absolute atomic E-state index is 0.162. The van der Waals surface area contributed by atoms with E-state index in [4.69, 9.17) is 15.2 Å². The minimum Gasteiger partial charge on any atom is -0.497 e. The van der Waals surface area contributed by atoms with Crippen LogP contribution in [0.1, 0.15) is 23.2 Å². The average Bonchev–Trinajstić information content (AvgIpc) is 2.39. The van der Waals surface area contributed by atoms with E-state index in [1.807, 2.05) is 6.08 Å². The highest BCUT2D eigenvalue weighted by molar-refractivity contribution is 6.10. The number of ketones is 1. The van der Waals surface area contributed by atoms with Gasteiger partial charge in [0, 0.05) is 17.3 Å². The highest BCUT2D eigenvalue weighted by Crippen LogP contribution is 2.23. The van der Waals surface area contributed by atoms with Crippen molar-refractivity contribution in [3.05, 3.63) is 35.6 Å². The van der Waals surface area contributed by atoms with Gasteiger partial charge in [0.15, 0.2) is 5.76 Å². The Bertz CT molecular complexity index is 466. The summed E-state index contributed by atoms with van der Waals surface area (Å²) in [5, 5.41) is 0. The summed E-state index contributed by atoms with van der Waals surface area (Å²) in [7, 11) is 1.56. The fraction of sp³-hybridized carbons (Fsp3) is 0.308. The summed E-state index contributed by atoms with van der Waals surface area (Å²) in [6.45, 7) is 0.591. The summed E-state index contributed by atoms with van der Waals surface area (Å²) < 4.78 is 10.4. The maximum absolute atomic E-state index is 12.1. The van der Waals surface area contributed by atoms with Crippen LogP contribution in [-0.4, -0.2) is 19.5 Å². The molecule has 0 bridgehead atoms. The summed E-state index contributed by atoms with van der Waals surface area (Å²) in [6.07, 6.45) is 3.64. The lowest BCUT2D eigenvalue weighted by molar-refractivity contribution is 0.0900. The number of hydrogen-bond acceptors (Lipinski definition) is 4. The molecule has 0 atom stereocenters. The van der Waals surface area contributed by atoms with Crippen LogP contribution < -0.4 is 10.5 Å². The Morgan fingerprint density at radius 3 is 2.88 bits per heavy atom. The van der Waals surface area contributed by atoms with Crippen molar-refractivity contribution < 1.29 is 14.3 Å². The number of Topliss-reactive ketones (excluding diaryl/α,β-unsaturated/α-hetero) is 1. The summed E-state index contributed by atoms with van der Waals surface area (Å²) >= 11 is 0. The molecule has 0 unspecified atom stereocenters. The Kier molecular flexibility index (Phi) is 3.32. The summed E-state index contributed by atoms with van der Waals surface area (Å²) in [6, 6.07) is 5.01. The van der Waals surface area contributed by atoms with E-state index >= 15 is 0 Å². The number of anilines is 1. The maximum Gasteiger partial charge on any atom is 0.229 e. The second kappa shape index (κ2) is 4.91. The molecule has 4 nitrogen and oxygen atoms in total. The van der Waals surface area contributed by atoms with Gasteiger partial charge in [0.1, 0.15) is 5.75 Å². The summed E-state index contributed by atoms with van der Waals surface area (Å²) in [4.78, 5) is 12.1. The molecule has 0 saturated heterocycles. The molecule has 2 N–H and O–H groups in total. The zero-order chi connectivity index (χ0) is 12.3. The second-order valence-corrected chi connectivity index (χ2v) is 3.84. The van der Waals surface area contributed by atoms with E-state index < -0.39 is 0 Å². The van der Waals surface area contributed by atoms with E-state index in [2.05, 4.69) is 0 Å². The monoisotopic (exact) mass is 233 g/mol. The number of hydrogen-bond donors (Lipinski definition) is 1. The van der Waals surface area contributed by atoms with Crippen molar-refractivity contribution in [1.29, 1.82) is 0 Å². The van der Waals surface area contributed by atoms with Crippen LogP contribution >= 0.6 is 0 Å². The molecule has 0 amide bonds. The van der Waals surface area contributed by atoms with E-state index in [1.165, 1.54) is 0 Å². The van der Waals surface area contributed by atoms with Crippen molar-refractivity contribution in [2.24, 2.45) is 0 Å². The maximum atomic E-state index is 12.1. The van der Waals surface area contributed by atoms with Gasteiger partial charge in [0.05, 0.1) is 13.7 Å². The van der Waals surface area contributed by atoms with Crippen molar-refractivity contribution in [2.75, 3.05) is 19.5 Å². The Morgan fingerprint density at radius 2 is 2.29 bits per heavy atom. The van der Waals surface area contributed by atoms with Gasteiger partial charge < -0.3 is 15.2 Å². The van der Waals surface area contributed by atoms with E-state index in [1.54, 1.807) is 25.3 Å². The zero-order valence-corrected chi connectivity index (χ0v) is 9.73. The van der Waals surface area contributed by atoms with Gasteiger partial charge in [-0.15, -0.1) is 0 Å². The molecule has 1 aliphatic rings. The first-order valence-electron chi connectivity index (χ1n) is 5.53. The number of ether oxygens (including phenoxy) is 2. The molecule has 2 rings (SSSR count). The van der Waals surface area contributed by atoms with Crippen LogP contribution in [0.3, 0.4) is 0 Å². The number of benzene rings is 1. The topological polar surface area (TPSA) is 61.5 Å². The van der Waals surface area contributed by atoms with Crippen LogP contribution in [-0.2, 0) is 4.74 Å². The molecule has 1 heterocycles. The van der Waals surface area contributed by atoms with Crippen LogP contribution in [0.25, 0.3) is 0 Å². The molecular formula is C13H15NO3. The van der Waals surface area contributed by atoms with Gasteiger partial charge in [-0.2, -0.15) is 0 Å². The molecule has 0 aromatic heterocycles. The van der Waals surface area contributed by atoms with E-state index in [-0.39, 0.29) is 5.78 Å². The molecule has 1 aromatic rings. The first kappa shape index (κ1) is 11.5. The molecule has 0 saturated carbocycles. The molecular weight excluding hydrogens is 218 g/mol. The lowest BCUT2D eigenvalue weighted by Crippen LogP contribution is -2.13. The van der Waals surface area contributed by atoms with Gasteiger partial charge in [-0.05, 0) is 31.1 Å². The van der Waals surface area contributed by atoms with Crippen molar-refractivity contribution in [3.63, 3.8) is 0 Å². The molecule has 0 fully saturated rings. The Labute approximate surface area is 100 Å². The molecule has 0 spiro atoms. The summed E-state index contributed by atoms with van der Waals surface area (Å²) in [5.41, 5.74) is 6.69. The number of nitrogens with two attached hydrogens (primary N) is 1. The van der Waals surface area contributed by atoms with Gasteiger partial charge in [0.25, 0.3) is 0 Å². The third kappa shape index (κ3) is 2.41. The second-order valence-electron chi connectivity index (χ2n) is 3.84. The van der Waals surface area contributed by atoms with Crippen LogP contribution in [0.4, 0.5) is 5.69 Å². The first-order chi connectivity index (χ1) is 8.22. The predicted molar refractivity (Wildman–Crippen MR) is 65.0 cm³/mol. The Morgan fingerprint density at radius 1 is 1.47 bits per heavy atom. The fourth-order valence-electron chi connectivity index (χ4n) is 1.72. The number of methoxy groups -OCH3 is 1. The predicted octanol–water partition coefficient (Wildman–Crippen LogP) is 2.15. The normalized spacial score (nSPS) is 14.8. The zero-order valence-electron chi connectivity index (χ0n) is 9.73. The van der Waals surface area contributed by atoms with Gasteiger partial charge >= 0.3 is 0 Å². The van der Waals surface area contributed by atoms with Gasteiger partial charge in [-0.25, -0.2) is 0 Å². The molecule has 1 aromatic carbocycles. The van der Waals surface area contributed by atoms with Gasteiger partial charge in [-0.3, -0.25) is 4.79 Å². The number of rotatable bonds is 3. The average molecular weight is 233 g/mol. The molecule has 4 heteroatoms. The summed E-state index contributed by atoms with van der Waals surface area (Å²) in [5.74, 6) is 0.871. The van der Waals surface area contributed by atoms with Gasteiger partial charge in [0.2, 0.25) is 5.78 Å². The van der Waals surface area contributed by atoms with Gasteiger partial charge in [-0.1, -0.05) is 0 Å². The SMILES string of the molecule is COc1ccc(C(=O)C2=CCCCO2)c(N)c1. The lowest BCUT2D eigenvalue weighted by Gasteiger charge is -2.14. The van der Waals surface area contributed by atoms with Crippen molar-refractivity contribution in [3.8, 4) is 5.75 Å². The highest BCUT2D eigenvalue weighted by atomic mass is 16.5. The first-order valence-corrected chi connectivity index (χ1v) is 5.53. The number of nitrogen functional groups attached to an aromatic ring is 1. The van der Waals surface area contributed by atoms with Crippen LogP contribution in [0.15, 0.2) is 30.0 Å². The Hall–Kier alpha value is -1.97. The van der Waals surface area contributed by atoms with Crippen molar-refractivity contribution in [1.82, 2.24) is 0 Å². The minimum atomic E-state index is -0.162. The number of allylic oxidation sites excluding steroid dienone is 2. The largest absolute Gasteiger partial charge is 0.497 e. The standard InChI is InChI=1S/C13H15NO3/c1-16-9-5-6-10(11(14)8-9)13(15)12-4-2-3-7-17-12/h4-6,8H,2-3,7,14H2,1H3. The van der Waals surface area contributed by atoms with Crippen LogP contribution in [0.5, 0.6) is 5.75 Å². The fourth-order valence-corrected chi connectivity index (χ4v) is 1.72. The molecule has 17 heavy (non-hydrogen) atoms.